The molecule has 0 aliphatic carbocycles. The summed E-state index contributed by atoms with van der Waals surface area (Å²) in [5.41, 5.74) is 2.06. The number of nitrogens with one attached hydrogen (secondary N) is 2. The number of halogens is 2. The van der Waals surface area contributed by atoms with E-state index in [0.29, 0.717) is 26.4 Å². The van der Waals surface area contributed by atoms with Crippen molar-refractivity contribution in [1.82, 2.24) is 20.4 Å². The maximum Gasteiger partial charge on any atom is 0.317 e. The normalized spacial score (nSPS) is 19.8. The number of nitrogens with zero attached hydrogens (tertiary/aromatic N) is 2. The molecule has 2 aliphatic heterocycles. The summed E-state index contributed by atoms with van der Waals surface area (Å²) in [7, 11) is 0. The molecule has 0 radical (unpaired) electrons. The minimum Gasteiger partial charge on any atom is -0.379 e. The standard InChI is InChI=1S/C23H28Br2N4O3/c24-19-5-1-3-17(15-19)21(28-7-11-31-12-8-28)26-23(30)27-22(29-9-13-32-14-10-29)18-4-2-6-20(25)16-18/h1-6,15-16,21-22H,7-14H2,(H2,26,27,30). The molecule has 2 amide bonds. The van der Waals surface area contributed by atoms with Crippen LogP contribution in [0, 0.1) is 0 Å². The van der Waals surface area contributed by atoms with Crippen molar-refractivity contribution in [1.29, 1.82) is 0 Å². The molecule has 2 saturated heterocycles. The fraction of sp³-hybridized carbons (Fsp3) is 0.435. The quantitative estimate of drug-likeness (QED) is 0.555. The van der Waals surface area contributed by atoms with E-state index in [2.05, 4.69) is 52.3 Å². The van der Waals surface area contributed by atoms with Crippen LogP contribution in [0.2, 0.25) is 0 Å². The van der Waals surface area contributed by atoms with Gasteiger partial charge in [-0.1, -0.05) is 56.1 Å². The molecule has 7 nitrogen and oxygen atoms in total. The smallest absolute Gasteiger partial charge is 0.317 e. The van der Waals surface area contributed by atoms with Crippen molar-refractivity contribution in [2.45, 2.75) is 12.3 Å². The second-order valence-corrected chi connectivity index (χ2v) is 9.66. The lowest BCUT2D eigenvalue weighted by atomic mass is 10.1. The predicted octanol–water partition coefficient (Wildman–Crippen LogP) is 3.87. The van der Waals surface area contributed by atoms with Crippen LogP contribution < -0.4 is 10.6 Å². The molecule has 2 aromatic carbocycles. The van der Waals surface area contributed by atoms with Crippen molar-refractivity contribution < 1.29 is 14.3 Å². The first-order valence-corrected chi connectivity index (χ1v) is 12.4. The Morgan fingerprint density at radius 1 is 0.750 bits per heavy atom. The zero-order valence-corrected chi connectivity index (χ0v) is 21.0. The Kier molecular flexibility index (Phi) is 8.56. The Morgan fingerprint density at radius 3 is 1.53 bits per heavy atom. The minimum absolute atomic E-state index is 0.210. The summed E-state index contributed by atoms with van der Waals surface area (Å²) in [5, 5.41) is 6.43. The zero-order chi connectivity index (χ0) is 22.3. The number of urea groups is 1. The van der Waals surface area contributed by atoms with Gasteiger partial charge in [0, 0.05) is 35.1 Å². The van der Waals surface area contributed by atoms with E-state index < -0.39 is 0 Å². The van der Waals surface area contributed by atoms with Gasteiger partial charge in [-0.25, -0.2) is 4.79 Å². The first kappa shape index (κ1) is 23.7. The van der Waals surface area contributed by atoms with Crippen LogP contribution in [0.1, 0.15) is 23.5 Å². The first-order valence-electron chi connectivity index (χ1n) is 10.8. The summed E-state index contributed by atoms with van der Waals surface area (Å²) in [6.45, 7) is 5.66. The van der Waals surface area contributed by atoms with Crippen LogP contribution in [0.4, 0.5) is 4.79 Å². The topological polar surface area (TPSA) is 66.1 Å². The van der Waals surface area contributed by atoms with E-state index in [0.717, 1.165) is 46.3 Å². The summed E-state index contributed by atoms with van der Waals surface area (Å²) in [5.74, 6) is 0. The largest absolute Gasteiger partial charge is 0.379 e. The highest BCUT2D eigenvalue weighted by Crippen LogP contribution is 2.25. The van der Waals surface area contributed by atoms with Crippen LogP contribution in [-0.2, 0) is 9.47 Å². The van der Waals surface area contributed by atoms with Crippen molar-refractivity contribution in [3.8, 4) is 0 Å². The number of hydrogen-bond donors (Lipinski definition) is 2. The molecule has 32 heavy (non-hydrogen) atoms. The zero-order valence-electron chi connectivity index (χ0n) is 17.8. The number of benzene rings is 2. The molecule has 2 unspecified atom stereocenters. The second-order valence-electron chi connectivity index (χ2n) is 7.83. The van der Waals surface area contributed by atoms with Crippen LogP contribution in [0.5, 0.6) is 0 Å². The lowest BCUT2D eigenvalue weighted by Gasteiger charge is -2.37. The Bertz CT molecular complexity index is 833. The SMILES string of the molecule is O=C(NC(c1cccc(Br)c1)N1CCOCC1)NC(c1cccc(Br)c1)N1CCOCC1. The maximum absolute atomic E-state index is 13.3. The van der Waals surface area contributed by atoms with Crippen LogP contribution in [0.15, 0.2) is 57.5 Å². The molecule has 2 aliphatic rings. The third kappa shape index (κ3) is 6.30. The molecule has 0 bridgehead atoms. The van der Waals surface area contributed by atoms with Gasteiger partial charge in [0.1, 0.15) is 12.3 Å². The minimum atomic E-state index is -0.246. The molecule has 4 rings (SSSR count). The molecule has 2 atom stereocenters. The average molecular weight is 568 g/mol. The number of morpholine rings is 2. The van der Waals surface area contributed by atoms with Gasteiger partial charge in [-0.2, -0.15) is 0 Å². The van der Waals surface area contributed by atoms with Crippen molar-refractivity contribution in [3.63, 3.8) is 0 Å². The van der Waals surface area contributed by atoms with E-state index in [1.165, 1.54) is 0 Å². The highest BCUT2D eigenvalue weighted by atomic mass is 79.9. The maximum atomic E-state index is 13.3. The summed E-state index contributed by atoms with van der Waals surface area (Å²) < 4.78 is 13.0. The van der Waals surface area contributed by atoms with Gasteiger partial charge >= 0.3 is 6.03 Å². The molecule has 2 heterocycles. The van der Waals surface area contributed by atoms with Crippen molar-refractivity contribution >= 4 is 37.9 Å². The van der Waals surface area contributed by atoms with Gasteiger partial charge in [0.15, 0.2) is 0 Å². The number of hydrogen-bond acceptors (Lipinski definition) is 5. The van der Waals surface area contributed by atoms with Crippen LogP contribution in [0.25, 0.3) is 0 Å². The molecule has 2 N–H and O–H groups in total. The lowest BCUT2D eigenvalue weighted by Crippen LogP contribution is -2.52. The number of amides is 2. The molecular weight excluding hydrogens is 540 g/mol. The van der Waals surface area contributed by atoms with Crippen molar-refractivity contribution in [2.75, 3.05) is 52.6 Å². The van der Waals surface area contributed by atoms with E-state index in [9.17, 15) is 4.79 Å². The fourth-order valence-electron chi connectivity index (χ4n) is 4.09. The Balaban J connectivity index is 1.54. The number of carbonyl (C=O) groups excluding carboxylic acids is 1. The van der Waals surface area contributed by atoms with Crippen molar-refractivity contribution in [2.24, 2.45) is 0 Å². The Morgan fingerprint density at radius 2 is 1.16 bits per heavy atom. The van der Waals surface area contributed by atoms with Gasteiger partial charge in [0.05, 0.1) is 26.4 Å². The van der Waals surface area contributed by atoms with Crippen molar-refractivity contribution in [3.05, 3.63) is 68.6 Å². The highest BCUT2D eigenvalue weighted by molar-refractivity contribution is 9.10. The summed E-state index contributed by atoms with van der Waals surface area (Å²) in [6.07, 6.45) is -0.492. The number of ether oxygens (including phenoxy) is 2. The molecule has 172 valence electrons. The van der Waals surface area contributed by atoms with E-state index in [4.69, 9.17) is 9.47 Å². The molecular formula is C23H28Br2N4O3. The monoisotopic (exact) mass is 566 g/mol. The van der Waals surface area contributed by atoms with Crippen LogP contribution in [0.3, 0.4) is 0 Å². The van der Waals surface area contributed by atoms with Gasteiger partial charge in [-0.15, -0.1) is 0 Å². The first-order chi connectivity index (χ1) is 15.6. The van der Waals surface area contributed by atoms with Crippen LogP contribution >= 0.6 is 31.9 Å². The molecule has 2 fully saturated rings. The van der Waals surface area contributed by atoms with Gasteiger partial charge in [-0.05, 0) is 35.4 Å². The summed E-state index contributed by atoms with van der Waals surface area (Å²) in [6, 6.07) is 15.9. The number of rotatable bonds is 6. The lowest BCUT2D eigenvalue weighted by molar-refractivity contribution is 0.00555. The molecule has 0 spiro atoms. The van der Waals surface area contributed by atoms with Gasteiger partial charge < -0.3 is 20.1 Å². The van der Waals surface area contributed by atoms with E-state index in [-0.39, 0.29) is 18.4 Å². The summed E-state index contributed by atoms with van der Waals surface area (Å²) >= 11 is 7.11. The molecule has 0 saturated carbocycles. The van der Waals surface area contributed by atoms with E-state index in [1.807, 2.05) is 48.5 Å². The third-order valence-electron chi connectivity index (χ3n) is 5.69. The van der Waals surface area contributed by atoms with E-state index >= 15 is 0 Å². The molecule has 0 aromatic heterocycles. The Labute approximate surface area is 205 Å². The van der Waals surface area contributed by atoms with Gasteiger partial charge in [-0.3, -0.25) is 9.80 Å². The predicted molar refractivity (Wildman–Crippen MR) is 130 cm³/mol. The fourth-order valence-corrected chi connectivity index (χ4v) is 4.92. The van der Waals surface area contributed by atoms with Gasteiger partial charge in [0.2, 0.25) is 0 Å². The van der Waals surface area contributed by atoms with E-state index in [1.54, 1.807) is 0 Å². The highest BCUT2D eigenvalue weighted by Gasteiger charge is 2.28. The van der Waals surface area contributed by atoms with Gasteiger partial charge in [0.25, 0.3) is 0 Å². The average Bonchev–Trinajstić information content (AvgIpc) is 2.82. The third-order valence-corrected chi connectivity index (χ3v) is 6.67. The molecule has 9 heteroatoms. The summed E-state index contributed by atoms with van der Waals surface area (Å²) in [4.78, 5) is 17.8. The van der Waals surface area contributed by atoms with Crippen LogP contribution in [-0.4, -0.2) is 68.4 Å². The Hall–Kier alpha value is -1.49. The second kappa shape index (κ2) is 11.6. The molecule has 2 aromatic rings. The number of carbonyl (C=O) groups is 1.